The highest BCUT2D eigenvalue weighted by molar-refractivity contribution is 6.31. The summed E-state index contributed by atoms with van der Waals surface area (Å²) in [6.07, 6.45) is 0.482. The Bertz CT molecular complexity index is 1460. The van der Waals surface area contributed by atoms with Crippen LogP contribution < -0.4 is 5.32 Å². The van der Waals surface area contributed by atoms with Crippen molar-refractivity contribution in [3.05, 3.63) is 105 Å². The first kappa shape index (κ1) is 31.1. The molecule has 3 aromatic rings. The Morgan fingerprint density at radius 3 is 2.29 bits per heavy atom. The van der Waals surface area contributed by atoms with E-state index in [1.807, 2.05) is 59.1 Å². The second kappa shape index (κ2) is 12.2. The number of carbonyl (C=O) groups excluding carboxylic acids is 1. The Morgan fingerprint density at radius 1 is 1.05 bits per heavy atom. The van der Waals surface area contributed by atoms with Crippen molar-refractivity contribution < 1.29 is 13.6 Å². The number of ketones is 1. The molecule has 4 nitrogen and oxygen atoms in total. The lowest BCUT2D eigenvalue weighted by atomic mass is 9.62. The maximum atomic E-state index is 15.8. The molecule has 0 bridgehead atoms. The van der Waals surface area contributed by atoms with E-state index in [1.54, 1.807) is 6.07 Å². The number of halogens is 4. The van der Waals surface area contributed by atoms with Gasteiger partial charge in [0, 0.05) is 35.5 Å². The maximum absolute atomic E-state index is 15.8. The third-order valence-corrected chi connectivity index (χ3v) is 8.22. The Hall–Kier alpha value is -2.82. The minimum absolute atomic E-state index is 0.0610. The molecular weight excluding hydrogens is 563 g/mol. The van der Waals surface area contributed by atoms with E-state index in [2.05, 4.69) is 16.3 Å². The molecule has 0 aliphatic carbocycles. The molecule has 0 spiro atoms. The molecule has 0 amide bonds. The van der Waals surface area contributed by atoms with Crippen molar-refractivity contribution in [3.63, 3.8) is 0 Å². The first-order chi connectivity index (χ1) is 19.3. The Morgan fingerprint density at radius 2 is 1.71 bits per heavy atom. The topological polar surface area (TPSA) is 56.1 Å². The number of hydrogen-bond acceptors (Lipinski definition) is 4. The summed E-state index contributed by atoms with van der Waals surface area (Å²) in [6, 6.07) is 17.2. The average molecular weight is 599 g/mol. The van der Waals surface area contributed by atoms with Crippen molar-refractivity contribution in [2.24, 2.45) is 5.41 Å². The molecule has 0 radical (unpaired) electrons. The van der Waals surface area contributed by atoms with Crippen molar-refractivity contribution in [3.8, 4) is 6.07 Å². The van der Waals surface area contributed by atoms with Gasteiger partial charge in [0.1, 0.15) is 17.0 Å². The smallest absolute Gasteiger partial charge is 0.154 e. The number of nitrogens with one attached hydrogen (secondary N) is 1. The van der Waals surface area contributed by atoms with E-state index in [-0.39, 0.29) is 38.8 Å². The standard InChI is InChI=1S/C33H35Cl2F2N3O/c1-32(2,3)17-28-33(19-38,24-14-13-22(34)16-26(24)36)29(23-7-6-8-25(35)30(23)37)31(39-28)27(41)15-20-9-11-21(12-10-20)18-40(4)5/h6-14,16,28-29,31,39H,15,17-18H2,1-5H3/t28-,29-,31-,33-/m0/s1. The van der Waals surface area contributed by atoms with E-state index in [0.717, 1.165) is 23.7 Å². The fourth-order valence-electron chi connectivity index (χ4n) is 6.05. The van der Waals surface area contributed by atoms with E-state index in [4.69, 9.17) is 23.2 Å². The van der Waals surface area contributed by atoms with Crippen molar-refractivity contribution in [2.75, 3.05) is 14.1 Å². The molecule has 0 saturated carbocycles. The van der Waals surface area contributed by atoms with Gasteiger partial charge >= 0.3 is 0 Å². The summed E-state index contributed by atoms with van der Waals surface area (Å²) in [7, 11) is 3.97. The van der Waals surface area contributed by atoms with Gasteiger partial charge in [-0.2, -0.15) is 5.26 Å². The molecule has 8 heteroatoms. The van der Waals surface area contributed by atoms with Gasteiger partial charge in [-0.25, -0.2) is 8.78 Å². The van der Waals surface area contributed by atoms with Crippen LogP contribution in [0.25, 0.3) is 0 Å². The van der Waals surface area contributed by atoms with Gasteiger partial charge in [-0.05, 0) is 60.8 Å². The summed E-state index contributed by atoms with van der Waals surface area (Å²) < 4.78 is 31.5. The molecular formula is C33H35Cl2F2N3O. The molecule has 0 aromatic heterocycles. The Labute approximate surface area is 251 Å². The molecule has 4 atom stereocenters. The number of nitriles is 1. The Balaban J connectivity index is 1.88. The molecule has 216 valence electrons. The third kappa shape index (κ3) is 6.49. The molecule has 41 heavy (non-hydrogen) atoms. The van der Waals surface area contributed by atoms with E-state index >= 15 is 8.78 Å². The zero-order chi connectivity index (χ0) is 30.1. The molecule has 3 aromatic carbocycles. The molecule has 1 N–H and O–H groups in total. The van der Waals surface area contributed by atoms with Crippen LogP contribution in [0.2, 0.25) is 10.0 Å². The molecule has 4 rings (SSSR count). The summed E-state index contributed by atoms with van der Waals surface area (Å²) in [5.41, 5.74) is 0.125. The van der Waals surface area contributed by atoms with Crippen LogP contribution in [0.1, 0.15) is 55.4 Å². The van der Waals surface area contributed by atoms with Crippen LogP contribution in [-0.2, 0) is 23.2 Å². The average Bonchev–Trinajstić information content (AvgIpc) is 3.19. The van der Waals surface area contributed by atoms with E-state index in [9.17, 15) is 10.1 Å². The molecule has 1 aliphatic heterocycles. The summed E-state index contributed by atoms with van der Waals surface area (Å²) in [6.45, 7) is 6.79. The summed E-state index contributed by atoms with van der Waals surface area (Å²) in [5.74, 6) is -2.69. The monoisotopic (exact) mass is 597 g/mol. The number of Topliss-reactive ketones (excluding diaryl/α,β-unsaturated/α-hetero) is 1. The van der Waals surface area contributed by atoms with Crippen molar-refractivity contribution in [1.82, 2.24) is 10.2 Å². The molecule has 1 saturated heterocycles. The highest BCUT2D eigenvalue weighted by Crippen LogP contribution is 2.53. The summed E-state index contributed by atoms with van der Waals surface area (Å²) in [4.78, 5) is 16.1. The van der Waals surface area contributed by atoms with Crippen LogP contribution in [0.15, 0.2) is 60.7 Å². The van der Waals surface area contributed by atoms with Crippen LogP contribution >= 0.6 is 23.2 Å². The maximum Gasteiger partial charge on any atom is 0.154 e. The fraction of sp³-hybridized carbons (Fsp3) is 0.394. The molecule has 1 heterocycles. The minimum atomic E-state index is -1.64. The predicted octanol–water partition coefficient (Wildman–Crippen LogP) is 7.47. The van der Waals surface area contributed by atoms with Gasteiger partial charge in [-0.15, -0.1) is 0 Å². The highest BCUT2D eigenvalue weighted by Gasteiger charge is 2.60. The van der Waals surface area contributed by atoms with Crippen LogP contribution in [0.3, 0.4) is 0 Å². The summed E-state index contributed by atoms with van der Waals surface area (Å²) in [5, 5.41) is 14.4. The van der Waals surface area contributed by atoms with Crippen molar-refractivity contribution in [1.29, 1.82) is 5.26 Å². The lowest BCUT2D eigenvalue weighted by Crippen LogP contribution is -2.44. The second-order valence-electron chi connectivity index (χ2n) is 12.4. The molecule has 1 aliphatic rings. The SMILES string of the molecule is CN(C)Cc1ccc(CC(=O)[C@@H]2N[C@@H](CC(C)(C)C)[C@](C#N)(c3ccc(Cl)cc3F)[C@H]2c2cccc(Cl)c2F)cc1. The zero-order valence-electron chi connectivity index (χ0n) is 23.9. The van der Waals surface area contributed by atoms with Gasteiger partial charge in [-0.1, -0.05) is 86.4 Å². The van der Waals surface area contributed by atoms with Gasteiger partial charge in [0.2, 0.25) is 0 Å². The quantitative estimate of drug-likeness (QED) is 0.293. The lowest BCUT2D eigenvalue weighted by molar-refractivity contribution is -0.120. The first-order valence-electron chi connectivity index (χ1n) is 13.6. The number of nitrogens with zero attached hydrogens (tertiary/aromatic N) is 2. The first-order valence-corrected chi connectivity index (χ1v) is 14.3. The van der Waals surface area contributed by atoms with E-state index in [0.29, 0.717) is 6.42 Å². The van der Waals surface area contributed by atoms with Crippen LogP contribution in [0, 0.1) is 28.4 Å². The largest absolute Gasteiger partial charge is 0.305 e. The minimum Gasteiger partial charge on any atom is -0.305 e. The summed E-state index contributed by atoms with van der Waals surface area (Å²) >= 11 is 12.3. The van der Waals surface area contributed by atoms with Crippen LogP contribution in [0.5, 0.6) is 0 Å². The normalized spacial score (nSPS) is 22.6. The number of carbonyl (C=O) groups is 1. The number of rotatable bonds is 8. The number of hydrogen-bond donors (Lipinski definition) is 1. The van der Waals surface area contributed by atoms with E-state index in [1.165, 1.54) is 24.3 Å². The highest BCUT2D eigenvalue weighted by atomic mass is 35.5. The van der Waals surface area contributed by atoms with Crippen molar-refractivity contribution in [2.45, 2.75) is 63.6 Å². The molecule has 0 unspecified atom stereocenters. The van der Waals surface area contributed by atoms with Crippen LogP contribution in [0.4, 0.5) is 8.78 Å². The third-order valence-electron chi connectivity index (χ3n) is 7.70. The predicted molar refractivity (Wildman–Crippen MR) is 160 cm³/mol. The van der Waals surface area contributed by atoms with Crippen molar-refractivity contribution >= 4 is 29.0 Å². The number of benzene rings is 3. The fourth-order valence-corrected chi connectivity index (χ4v) is 6.39. The van der Waals surface area contributed by atoms with Gasteiger partial charge in [0.05, 0.1) is 17.1 Å². The van der Waals surface area contributed by atoms with Gasteiger partial charge in [0.15, 0.2) is 5.78 Å². The van der Waals surface area contributed by atoms with Gasteiger partial charge in [0.25, 0.3) is 0 Å². The zero-order valence-corrected chi connectivity index (χ0v) is 25.5. The Kier molecular flexibility index (Phi) is 9.26. The van der Waals surface area contributed by atoms with Gasteiger partial charge < -0.3 is 10.2 Å². The molecule has 1 fully saturated rings. The van der Waals surface area contributed by atoms with E-state index < -0.39 is 35.1 Å². The van der Waals surface area contributed by atoms with Crippen LogP contribution in [-0.4, -0.2) is 36.9 Å². The lowest BCUT2D eigenvalue weighted by Gasteiger charge is -2.37. The second-order valence-corrected chi connectivity index (χ2v) is 13.2. The van der Waals surface area contributed by atoms with Gasteiger partial charge in [-0.3, -0.25) is 4.79 Å².